The van der Waals surface area contributed by atoms with Gasteiger partial charge >= 0.3 is 0 Å². The number of nitrogens with zero attached hydrogens (tertiary/aromatic N) is 1. The molecule has 0 bridgehead atoms. The zero-order chi connectivity index (χ0) is 8.72. The SMILES string of the molecule is Cc1cc(F)c2nc(Cl)sc2c1. The normalized spacial score (nSPS) is 10.9. The standard InChI is InChI=1S/C8H5ClFNS/c1-4-2-5(10)7-6(3-4)12-8(9)11-7/h2-3H,1H3. The molecule has 2 rings (SSSR count). The van der Waals surface area contributed by atoms with Gasteiger partial charge in [0.2, 0.25) is 0 Å². The average molecular weight is 202 g/mol. The van der Waals surface area contributed by atoms with Crippen LogP contribution in [0.2, 0.25) is 4.47 Å². The van der Waals surface area contributed by atoms with Crippen LogP contribution in [0.25, 0.3) is 10.2 Å². The molecule has 0 aliphatic carbocycles. The summed E-state index contributed by atoms with van der Waals surface area (Å²) in [6, 6.07) is 3.33. The number of aryl methyl sites for hydroxylation is 1. The summed E-state index contributed by atoms with van der Waals surface area (Å²) in [5.74, 6) is -0.298. The second-order valence-corrected chi connectivity index (χ2v) is 4.17. The van der Waals surface area contributed by atoms with Crippen molar-refractivity contribution in [3.63, 3.8) is 0 Å². The fourth-order valence-corrected chi connectivity index (χ4v) is 2.23. The molecule has 1 heterocycles. The van der Waals surface area contributed by atoms with Crippen LogP contribution in [0, 0.1) is 12.7 Å². The Bertz CT molecular complexity index is 438. The van der Waals surface area contributed by atoms with Crippen molar-refractivity contribution in [1.29, 1.82) is 0 Å². The third kappa shape index (κ3) is 1.19. The van der Waals surface area contributed by atoms with Crippen LogP contribution in [-0.2, 0) is 0 Å². The summed E-state index contributed by atoms with van der Waals surface area (Å²) in [7, 11) is 0. The number of rotatable bonds is 0. The number of benzene rings is 1. The van der Waals surface area contributed by atoms with Crippen LogP contribution in [0.3, 0.4) is 0 Å². The Labute approximate surface area is 77.8 Å². The van der Waals surface area contributed by atoms with Crippen LogP contribution in [0.1, 0.15) is 5.56 Å². The lowest BCUT2D eigenvalue weighted by Crippen LogP contribution is -1.79. The quantitative estimate of drug-likeness (QED) is 0.637. The van der Waals surface area contributed by atoms with E-state index in [1.54, 1.807) is 0 Å². The number of fused-ring (bicyclic) bond motifs is 1. The second kappa shape index (κ2) is 2.68. The second-order valence-electron chi connectivity index (χ2n) is 2.56. The molecule has 1 aromatic heterocycles. The highest BCUT2D eigenvalue weighted by Crippen LogP contribution is 2.28. The molecule has 0 unspecified atom stereocenters. The fraction of sp³-hybridized carbons (Fsp3) is 0.125. The Morgan fingerprint density at radius 2 is 2.25 bits per heavy atom. The Balaban J connectivity index is 2.88. The lowest BCUT2D eigenvalue weighted by Gasteiger charge is -1.92. The molecule has 0 aliphatic rings. The van der Waals surface area contributed by atoms with Crippen molar-refractivity contribution >= 4 is 33.2 Å². The molecule has 1 nitrogen and oxygen atoms in total. The van der Waals surface area contributed by atoms with Gasteiger partial charge in [-0.05, 0) is 24.6 Å². The Morgan fingerprint density at radius 3 is 3.00 bits per heavy atom. The fourth-order valence-electron chi connectivity index (χ4n) is 1.09. The van der Waals surface area contributed by atoms with Gasteiger partial charge in [0.1, 0.15) is 5.52 Å². The van der Waals surface area contributed by atoms with E-state index in [0.717, 1.165) is 10.3 Å². The summed E-state index contributed by atoms with van der Waals surface area (Å²) in [4.78, 5) is 3.86. The van der Waals surface area contributed by atoms with Gasteiger partial charge in [0.15, 0.2) is 10.3 Å². The minimum Gasteiger partial charge on any atom is -0.222 e. The minimum absolute atomic E-state index is 0.298. The molecule has 0 fully saturated rings. The Hall–Kier alpha value is -0.670. The highest BCUT2D eigenvalue weighted by atomic mass is 35.5. The van der Waals surface area contributed by atoms with Crippen molar-refractivity contribution < 1.29 is 4.39 Å². The Kier molecular flexibility index (Phi) is 1.77. The van der Waals surface area contributed by atoms with E-state index in [-0.39, 0.29) is 5.82 Å². The number of halogens is 2. The zero-order valence-electron chi connectivity index (χ0n) is 6.27. The van der Waals surface area contributed by atoms with Gasteiger partial charge in [0, 0.05) is 0 Å². The zero-order valence-corrected chi connectivity index (χ0v) is 7.84. The van der Waals surface area contributed by atoms with Gasteiger partial charge in [0.25, 0.3) is 0 Å². The van der Waals surface area contributed by atoms with Gasteiger partial charge in [-0.1, -0.05) is 11.6 Å². The van der Waals surface area contributed by atoms with Crippen LogP contribution >= 0.6 is 22.9 Å². The topological polar surface area (TPSA) is 12.9 Å². The molecule has 0 radical (unpaired) electrons. The molecule has 12 heavy (non-hydrogen) atoms. The highest BCUT2D eigenvalue weighted by molar-refractivity contribution is 7.22. The van der Waals surface area contributed by atoms with Crippen molar-refractivity contribution in [2.75, 3.05) is 0 Å². The van der Waals surface area contributed by atoms with Gasteiger partial charge in [-0.25, -0.2) is 9.37 Å². The van der Waals surface area contributed by atoms with Gasteiger partial charge in [-0.2, -0.15) is 0 Å². The summed E-state index contributed by atoms with van der Waals surface area (Å²) in [5, 5.41) is 0. The van der Waals surface area contributed by atoms with Crippen molar-refractivity contribution in [2.24, 2.45) is 0 Å². The van der Waals surface area contributed by atoms with Crippen LogP contribution < -0.4 is 0 Å². The van der Waals surface area contributed by atoms with Gasteiger partial charge in [0.05, 0.1) is 4.70 Å². The van der Waals surface area contributed by atoms with Gasteiger partial charge in [-0.3, -0.25) is 0 Å². The summed E-state index contributed by atoms with van der Waals surface area (Å²) < 4.78 is 14.3. The molecule has 4 heteroatoms. The first-order valence-electron chi connectivity index (χ1n) is 3.39. The number of hydrogen-bond acceptors (Lipinski definition) is 2. The van der Waals surface area contributed by atoms with Crippen molar-refractivity contribution in [2.45, 2.75) is 6.92 Å². The smallest absolute Gasteiger partial charge is 0.184 e. The molecule has 0 N–H and O–H groups in total. The van der Waals surface area contributed by atoms with Gasteiger partial charge in [-0.15, -0.1) is 11.3 Å². The van der Waals surface area contributed by atoms with E-state index in [0.29, 0.717) is 9.98 Å². The number of thiazole rings is 1. The van der Waals surface area contributed by atoms with E-state index < -0.39 is 0 Å². The third-order valence-electron chi connectivity index (χ3n) is 1.57. The molecule has 0 aliphatic heterocycles. The summed E-state index contributed by atoms with van der Waals surface area (Å²) >= 11 is 6.94. The van der Waals surface area contributed by atoms with Crippen LogP contribution in [0.4, 0.5) is 4.39 Å². The van der Waals surface area contributed by atoms with E-state index in [1.807, 2.05) is 13.0 Å². The maximum Gasteiger partial charge on any atom is 0.184 e. The van der Waals surface area contributed by atoms with Crippen molar-refractivity contribution in [3.05, 3.63) is 28.0 Å². The number of hydrogen-bond donors (Lipinski definition) is 0. The lowest BCUT2D eigenvalue weighted by molar-refractivity contribution is 0.636. The van der Waals surface area contributed by atoms with E-state index in [2.05, 4.69) is 4.98 Å². The molecule has 2 aromatic rings. The van der Waals surface area contributed by atoms with E-state index in [4.69, 9.17) is 11.6 Å². The lowest BCUT2D eigenvalue weighted by atomic mass is 10.2. The number of aromatic nitrogens is 1. The summed E-state index contributed by atoms with van der Waals surface area (Å²) in [5.41, 5.74) is 1.26. The molecular formula is C8H5ClFNS. The minimum atomic E-state index is -0.298. The van der Waals surface area contributed by atoms with Crippen LogP contribution in [0.5, 0.6) is 0 Å². The first-order chi connectivity index (χ1) is 5.66. The predicted octanol–water partition coefficient (Wildman–Crippen LogP) is 3.40. The maximum atomic E-state index is 13.1. The largest absolute Gasteiger partial charge is 0.222 e. The van der Waals surface area contributed by atoms with Gasteiger partial charge < -0.3 is 0 Å². The molecular weight excluding hydrogens is 197 g/mol. The Morgan fingerprint density at radius 1 is 1.50 bits per heavy atom. The molecule has 0 saturated heterocycles. The third-order valence-corrected chi connectivity index (χ3v) is 2.67. The maximum absolute atomic E-state index is 13.1. The molecule has 62 valence electrons. The molecule has 0 saturated carbocycles. The molecule has 1 aromatic carbocycles. The van der Waals surface area contributed by atoms with E-state index in [9.17, 15) is 4.39 Å². The highest BCUT2D eigenvalue weighted by Gasteiger charge is 2.06. The van der Waals surface area contributed by atoms with E-state index in [1.165, 1.54) is 17.4 Å². The monoisotopic (exact) mass is 201 g/mol. The summed E-state index contributed by atoms with van der Waals surface area (Å²) in [6.07, 6.45) is 0. The van der Waals surface area contributed by atoms with Crippen LogP contribution in [0.15, 0.2) is 12.1 Å². The predicted molar refractivity (Wildman–Crippen MR) is 49.3 cm³/mol. The molecule has 0 amide bonds. The van der Waals surface area contributed by atoms with E-state index >= 15 is 0 Å². The first-order valence-corrected chi connectivity index (χ1v) is 4.58. The van der Waals surface area contributed by atoms with Crippen LogP contribution in [-0.4, -0.2) is 4.98 Å². The first kappa shape index (κ1) is 7.95. The average Bonchev–Trinajstić information content (AvgIpc) is 2.29. The van der Waals surface area contributed by atoms with Crippen molar-refractivity contribution in [3.8, 4) is 0 Å². The van der Waals surface area contributed by atoms with Crippen molar-refractivity contribution in [1.82, 2.24) is 4.98 Å². The summed E-state index contributed by atoms with van der Waals surface area (Å²) in [6.45, 7) is 1.84. The molecule has 0 atom stereocenters. The molecule has 0 spiro atoms.